The van der Waals surface area contributed by atoms with Crippen LogP contribution >= 0.6 is 0 Å². The van der Waals surface area contributed by atoms with Crippen LogP contribution in [0.2, 0.25) is 0 Å². The summed E-state index contributed by atoms with van der Waals surface area (Å²) in [6, 6.07) is 9.87. The molecule has 0 aromatic heterocycles. The first-order chi connectivity index (χ1) is 15.7. The van der Waals surface area contributed by atoms with Gasteiger partial charge < -0.3 is 23.8 Å². The topological polar surface area (TPSA) is 81.0 Å². The Morgan fingerprint density at radius 2 is 1.50 bits per heavy atom. The minimum absolute atomic E-state index is 0.0329. The lowest BCUT2D eigenvalue weighted by atomic mass is 10.1. The van der Waals surface area contributed by atoms with E-state index in [0.29, 0.717) is 26.4 Å². The highest BCUT2D eigenvalue weighted by atomic mass is 16.6. The summed E-state index contributed by atoms with van der Waals surface area (Å²) in [6.07, 6.45) is 6.17. The molecule has 0 unspecified atom stereocenters. The van der Waals surface area contributed by atoms with Crippen LogP contribution in [0.1, 0.15) is 45.1 Å². The van der Waals surface area contributed by atoms with Gasteiger partial charge in [-0.3, -0.25) is 0 Å². The highest BCUT2D eigenvalue weighted by molar-refractivity contribution is 5.97. The summed E-state index contributed by atoms with van der Waals surface area (Å²) in [5, 5.41) is 9.35. The van der Waals surface area contributed by atoms with E-state index in [1.807, 2.05) is 30.3 Å². The molecule has 0 saturated carbocycles. The molecule has 0 aliphatic rings. The summed E-state index contributed by atoms with van der Waals surface area (Å²) in [7, 11) is 1.61. The second-order valence-corrected chi connectivity index (χ2v) is 7.31. The van der Waals surface area contributed by atoms with Gasteiger partial charge in [0.15, 0.2) is 0 Å². The lowest BCUT2D eigenvalue weighted by molar-refractivity contribution is -0.140. The van der Waals surface area contributed by atoms with E-state index >= 15 is 0 Å². The first kappa shape index (κ1) is 27.6. The predicted molar refractivity (Wildman–Crippen MR) is 127 cm³/mol. The van der Waals surface area contributed by atoms with E-state index in [0.717, 1.165) is 50.0 Å². The summed E-state index contributed by atoms with van der Waals surface area (Å²) < 4.78 is 20.6. The molecule has 32 heavy (non-hydrogen) atoms. The highest BCUT2D eigenvalue weighted by Crippen LogP contribution is 2.18. The molecule has 0 fully saturated rings. The smallest absolute Gasteiger partial charge is 0.348 e. The van der Waals surface area contributed by atoms with Crippen molar-refractivity contribution in [1.29, 1.82) is 5.26 Å². The molecular formula is C25H38N2O5. The first-order valence-corrected chi connectivity index (χ1v) is 11.4. The van der Waals surface area contributed by atoms with Gasteiger partial charge in [0.1, 0.15) is 18.2 Å². The van der Waals surface area contributed by atoms with Crippen LogP contribution in [0.15, 0.2) is 29.8 Å². The number of nitriles is 1. The van der Waals surface area contributed by atoms with E-state index in [4.69, 9.17) is 18.9 Å². The maximum Gasteiger partial charge on any atom is 0.348 e. The SMILES string of the molecule is CCCCN(CCCC)c1ccc(C=C(C#N)C(=O)OCCOCCOCCOC)cc1. The van der Waals surface area contributed by atoms with Gasteiger partial charge in [-0.05, 0) is 36.6 Å². The number of benzene rings is 1. The fourth-order valence-corrected chi connectivity index (χ4v) is 2.89. The monoisotopic (exact) mass is 446 g/mol. The van der Waals surface area contributed by atoms with E-state index in [1.165, 1.54) is 0 Å². The molecule has 7 heteroatoms. The van der Waals surface area contributed by atoms with Crippen LogP contribution in [0.4, 0.5) is 5.69 Å². The number of nitrogens with zero attached hydrogens (tertiary/aromatic N) is 2. The van der Waals surface area contributed by atoms with Crippen molar-refractivity contribution >= 4 is 17.7 Å². The molecule has 0 aliphatic carbocycles. The largest absolute Gasteiger partial charge is 0.459 e. The lowest BCUT2D eigenvalue weighted by Gasteiger charge is -2.24. The Balaban J connectivity index is 2.51. The Morgan fingerprint density at radius 1 is 0.938 bits per heavy atom. The zero-order valence-corrected chi connectivity index (χ0v) is 19.8. The Kier molecular flexibility index (Phi) is 15.7. The molecule has 1 aromatic carbocycles. The molecular weight excluding hydrogens is 408 g/mol. The second kappa shape index (κ2) is 18.2. The van der Waals surface area contributed by atoms with Gasteiger partial charge in [-0.2, -0.15) is 5.26 Å². The van der Waals surface area contributed by atoms with Crippen LogP contribution in [-0.4, -0.2) is 65.8 Å². The van der Waals surface area contributed by atoms with Gasteiger partial charge in [0.05, 0.1) is 33.0 Å². The molecule has 0 amide bonds. The Bertz CT molecular complexity index is 689. The number of hydrogen-bond donors (Lipinski definition) is 0. The summed E-state index contributed by atoms with van der Waals surface area (Å²) in [5.74, 6) is -0.649. The van der Waals surface area contributed by atoms with Crippen molar-refractivity contribution in [2.75, 3.05) is 64.7 Å². The fraction of sp³-hybridized carbons (Fsp3) is 0.600. The Labute approximate surface area is 192 Å². The van der Waals surface area contributed by atoms with Crippen molar-refractivity contribution in [3.05, 3.63) is 35.4 Å². The van der Waals surface area contributed by atoms with E-state index in [2.05, 4.69) is 18.7 Å². The molecule has 0 bridgehead atoms. The van der Waals surface area contributed by atoms with Gasteiger partial charge >= 0.3 is 5.97 Å². The normalized spacial score (nSPS) is 11.2. The first-order valence-electron chi connectivity index (χ1n) is 11.4. The van der Waals surface area contributed by atoms with Crippen LogP contribution < -0.4 is 4.90 Å². The molecule has 0 aliphatic heterocycles. The van der Waals surface area contributed by atoms with Crippen LogP contribution in [0, 0.1) is 11.3 Å². The van der Waals surface area contributed by atoms with Crippen molar-refractivity contribution in [3.8, 4) is 6.07 Å². The van der Waals surface area contributed by atoms with Gasteiger partial charge in [-0.1, -0.05) is 38.8 Å². The third-order valence-corrected chi connectivity index (χ3v) is 4.74. The van der Waals surface area contributed by atoms with Gasteiger partial charge in [-0.25, -0.2) is 4.79 Å². The average Bonchev–Trinajstić information content (AvgIpc) is 2.82. The van der Waals surface area contributed by atoms with Crippen molar-refractivity contribution < 1.29 is 23.7 Å². The minimum Gasteiger partial charge on any atom is -0.459 e. The van der Waals surface area contributed by atoms with E-state index in [-0.39, 0.29) is 18.8 Å². The molecule has 178 valence electrons. The number of carbonyl (C=O) groups is 1. The van der Waals surface area contributed by atoms with Gasteiger partial charge in [-0.15, -0.1) is 0 Å². The number of ether oxygens (including phenoxy) is 4. The fourth-order valence-electron chi connectivity index (χ4n) is 2.89. The molecule has 0 atom stereocenters. The summed E-state index contributed by atoms with van der Waals surface area (Å²) in [4.78, 5) is 14.6. The zero-order valence-electron chi connectivity index (χ0n) is 19.8. The molecule has 0 saturated heterocycles. The molecule has 0 N–H and O–H groups in total. The van der Waals surface area contributed by atoms with Crippen molar-refractivity contribution in [1.82, 2.24) is 0 Å². The molecule has 0 spiro atoms. The summed E-state index contributed by atoms with van der Waals surface area (Å²) in [5.41, 5.74) is 1.92. The molecule has 7 nitrogen and oxygen atoms in total. The Morgan fingerprint density at radius 3 is 2.03 bits per heavy atom. The maximum atomic E-state index is 12.2. The average molecular weight is 447 g/mol. The number of methoxy groups -OCH3 is 1. The molecule has 0 radical (unpaired) electrons. The second-order valence-electron chi connectivity index (χ2n) is 7.31. The van der Waals surface area contributed by atoms with Crippen LogP contribution in [-0.2, 0) is 23.7 Å². The van der Waals surface area contributed by atoms with Gasteiger partial charge in [0.25, 0.3) is 0 Å². The third kappa shape index (κ3) is 11.8. The predicted octanol–water partition coefficient (Wildman–Crippen LogP) is 4.22. The number of anilines is 1. The van der Waals surface area contributed by atoms with Crippen LogP contribution in [0.25, 0.3) is 6.08 Å². The lowest BCUT2D eigenvalue weighted by Crippen LogP contribution is -2.25. The maximum absolute atomic E-state index is 12.2. The standard InChI is InChI=1S/C25H38N2O5/c1-4-6-12-27(13-7-5-2)24-10-8-22(9-11-24)20-23(21-26)25(28)32-19-18-31-17-16-30-15-14-29-3/h8-11,20H,4-7,12-19H2,1-3H3. The molecule has 1 rings (SSSR count). The zero-order chi connectivity index (χ0) is 23.4. The van der Waals surface area contributed by atoms with Gasteiger partial charge in [0.2, 0.25) is 0 Å². The van der Waals surface area contributed by atoms with Gasteiger partial charge in [0, 0.05) is 25.9 Å². The highest BCUT2D eigenvalue weighted by Gasteiger charge is 2.11. The minimum atomic E-state index is -0.649. The molecule has 0 heterocycles. The number of unbranched alkanes of at least 4 members (excludes halogenated alkanes) is 2. The third-order valence-electron chi connectivity index (χ3n) is 4.74. The van der Waals surface area contributed by atoms with Crippen LogP contribution in [0.3, 0.4) is 0 Å². The summed E-state index contributed by atoms with van der Waals surface area (Å²) >= 11 is 0. The number of esters is 1. The quantitative estimate of drug-likeness (QED) is 0.144. The van der Waals surface area contributed by atoms with E-state index < -0.39 is 5.97 Å². The van der Waals surface area contributed by atoms with Crippen LogP contribution in [0.5, 0.6) is 0 Å². The number of hydrogen-bond acceptors (Lipinski definition) is 7. The number of rotatable bonds is 18. The van der Waals surface area contributed by atoms with Crippen molar-refractivity contribution in [2.24, 2.45) is 0 Å². The molecule has 1 aromatic rings. The van der Waals surface area contributed by atoms with Crippen molar-refractivity contribution in [2.45, 2.75) is 39.5 Å². The van der Waals surface area contributed by atoms with Crippen molar-refractivity contribution in [3.63, 3.8) is 0 Å². The Hall–Kier alpha value is -2.40. The summed E-state index contributed by atoms with van der Waals surface area (Å²) in [6.45, 7) is 8.69. The number of carbonyl (C=O) groups excluding carboxylic acids is 1. The van der Waals surface area contributed by atoms with E-state index in [9.17, 15) is 10.1 Å². The van der Waals surface area contributed by atoms with E-state index in [1.54, 1.807) is 13.2 Å².